The Bertz CT molecular complexity index is 3090. The molecular formula is C51H35N5. The van der Waals surface area contributed by atoms with Crippen LogP contribution >= 0.6 is 0 Å². The third kappa shape index (κ3) is 5.88. The van der Waals surface area contributed by atoms with Crippen LogP contribution in [0.4, 0.5) is 0 Å². The number of amidine groups is 2. The third-order valence-corrected chi connectivity index (χ3v) is 10.5. The van der Waals surface area contributed by atoms with Gasteiger partial charge in [-0.05, 0) is 71.3 Å². The summed E-state index contributed by atoms with van der Waals surface area (Å²) in [4.78, 5) is 9.52. The predicted octanol–water partition coefficient (Wildman–Crippen LogP) is 12.4. The van der Waals surface area contributed by atoms with E-state index in [4.69, 9.17) is 15.4 Å². The van der Waals surface area contributed by atoms with Crippen LogP contribution in [0, 0.1) is 5.41 Å². The summed E-state index contributed by atoms with van der Waals surface area (Å²) >= 11 is 0. The van der Waals surface area contributed by atoms with Gasteiger partial charge in [-0.2, -0.15) is 0 Å². The van der Waals surface area contributed by atoms with Crippen molar-refractivity contribution in [3.63, 3.8) is 0 Å². The fourth-order valence-electron chi connectivity index (χ4n) is 7.85. The predicted molar refractivity (Wildman–Crippen MR) is 234 cm³/mol. The van der Waals surface area contributed by atoms with E-state index < -0.39 is 0 Å². The zero-order chi connectivity index (χ0) is 37.4. The molecule has 0 saturated heterocycles. The summed E-state index contributed by atoms with van der Waals surface area (Å²) in [6.45, 7) is 0. The number of fused-ring (bicyclic) bond motifs is 6. The molecule has 0 aliphatic rings. The van der Waals surface area contributed by atoms with E-state index in [0.717, 1.165) is 44.7 Å². The van der Waals surface area contributed by atoms with E-state index >= 15 is 0 Å². The lowest BCUT2D eigenvalue weighted by molar-refractivity contribution is 1.18. The van der Waals surface area contributed by atoms with E-state index in [0.29, 0.717) is 11.4 Å². The zero-order valence-corrected chi connectivity index (χ0v) is 30.4. The Labute approximate surface area is 324 Å². The summed E-state index contributed by atoms with van der Waals surface area (Å²) < 4.78 is 4.65. The van der Waals surface area contributed by atoms with Gasteiger partial charge in [-0.25, -0.2) is 9.98 Å². The lowest BCUT2D eigenvalue weighted by Crippen LogP contribution is -2.05. The lowest BCUT2D eigenvalue weighted by Gasteiger charge is -2.12. The normalized spacial score (nSPS) is 12.0. The number of nitrogens with one attached hydrogen (secondary N) is 1. The molecule has 0 fully saturated rings. The molecule has 0 atom stereocenters. The number of hydrogen-bond acceptors (Lipinski definition) is 1. The highest BCUT2D eigenvalue weighted by molar-refractivity contribution is 6.14. The number of rotatable bonds is 6. The SMILES string of the molecule is N=C(/N=C(\N=C\c1ccccc1)c1ccccc1)c1cccc(-n2c3ccccc3c3cc(-c4cccc(-n5c6ccccc6c6ccccc65)c4)ccc32)c1. The molecule has 0 radical (unpaired) electrons. The van der Waals surface area contributed by atoms with Crippen molar-refractivity contribution in [1.82, 2.24) is 9.13 Å². The second-order valence-electron chi connectivity index (χ2n) is 13.9. The van der Waals surface area contributed by atoms with Crippen LogP contribution < -0.4 is 0 Å². The monoisotopic (exact) mass is 717 g/mol. The van der Waals surface area contributed by atoms with Gasteiger partial charge in [-0.15, -0.1) is 0 Å². The highest BCUT2D eigenvalue weighted by Crippen LogP contribution is 2.37. The quantitative estimate of drug-likeness (QED) is 0.132. The molecular weight excluding hydrogens is 683 g/mol. The van der Waals surface area contributed by atoms with Gasteiger partial charge in [0.15, 0.2) is 11.7 Å². The summed E-state index contributed by atoms with van der Waals surface area (Å²) in [5.41, 5.74) is 11.5. The molecule has 2 aromatic heterocycles. The Hall–Kier alpha value is -7.63. The smallest absolute Gasteiger partial charge is 0.161 e. The highest BCUT2D eigenvalue weighted by Gasteiger charge is 2.16. The van der Waals surface area contributed by atoms with E-state index in [-0.39, 0.29) is 5.84 Å². The highest BCUT2D eigenvalue weighted by atomic mass is 15.0. The van der Waals surface area contributed by atoms with Crippen LogP contribution in [0.1, 0.15) is 16.7 Å². The van der Waals surface area contributed by atoms with Gasteiger partial charge in [0.2, 0.25) is 0 Å². The molecule has 0 saturated carbocycles. The third-order valence-electron chi connectivity index (χ3n) is 10.5. The molecule has 264 valence electrons. The number of aliphatic imine (C=N–C) groups is 2. The first kappa shape index (κ1) is 33.0. The Balaban J connectivity index is 1.05. The van der Waals surface area contributed by atoms with Gasteiger partial charge in [0.05, 0.1) is 22.1 Å². The lowest BCUT2D eigenvalue weighted by atomic mass is 10.0. The Kier molecular flexibility index (Phi) is 8.23. The van der Waals surface area contributed by atoms with Crippen LogP contribution in [-0.4, -0.2) is 27.0 Å². The number of para-hydroxylation sites is 3. The van der Waals surface area contributed by atoms with E-state index in [1.54, 1.807) is 6.21 Å². The molecule has 1 N–H and O–H groups in total. The molecule has 0 spiro atoms. The second-order valence-corrected chi connectivity index (χ2v) is 13.9. The van der Waals surface area contributed by atoms with Gasteiger partial charge in [0, 0.05) is 50.3 Å². The van der Waals surface area contributed by atoms with Crippen molar-refractivity contribution in [2.45, 2.75) is 0 Å². The molecule has 2 heterocycles. The fraction of sp³-hybridized carbons (Fsp3) is 0. The maximum Gasteiger partial charge on any atom is 0.161 e. The molecule has 8 aromatic carbocycles. The van der Waals surface area contributed by atoms with E-state index in [2.05, 4.69) is 130 Å². The number of hydrogen-bond donors (Lipinski definition) is 1. The van der Waals surface area contributed by atoms with Gasteiger partial charge >= 0.3 is 0 Å². The van der Waals surface area contributed by atoms with Crippen molar-refractivity contribution in [3.8, 4) is 22.5 Å². The first-order valence-corrected chi connectivity index (χ1v) is 18.7. The molecule has 5 nitrogen and oxygen atoms in total. The minimum Gasteiger partial charge on any atom is -0.309 e. The summed E-state index contributed by atoms with van der Waals surface area (Å²) in [6, 6.07) is 69.3. The largest absolute Gasteiger partial charge is 0.309 e. The summed E-state index contributed by atoms with van der Waals surface area (Å²) in [5, 5.41) is 14.0. The van der Waals surface area contributed by atoms with Crippen LogP contribution in [-0.2, 0) is 0 Å². The van der Waals surface area contributed by atoms with Gasteiger partial charge in [0.25, 0.3) is 0 Å². The topological polar surface area (TPSA) is 58.4 Å². The maximum absolute atomic E-state index is 9.15. The first-order chi connectivity index (χ1) is 27.7. The van der Waals surface area contributed by atoms with Gasteiger partial charge in [0.1, 0.15) is 0 Å². The van der Waals surface area contributed by atoms with E-state index in [1.165, 1.54) is 32.6 Å². The average molecular weight is 718 g/mol. The van der Waals surface area contributed by atoms with Crippen LogP contribution in [0.3, 0.4) is 0 Å². The Morgan fingerprint density at radius 3 is 1.57 bits per heavy atom. The van der Waals surface area contributed by atoms with Gasteiger partial charge in [-0.1, -0.05) is 146 Å². The molecule has 0 aliphatic carbocycles. The van der Waals surface area contributed by atoms with Crippen molar-refractivity contribution < 1.29 is 0 Å². The number of nitrogens with zero attached hydrogens (tertiary/aromatic N) is 4. The molecule has 0 unspecified atom stereocenters. The summed E-state index contributed by atoms with van der Waals surface area (Å²) in [6.07, 6.45) is 1.79. The standard InChI is InChI=1S/C51H35N5/c52-50(54-51(36-17-5-2-6-18-36)53-34-35-15-3-1-4-16-35)39-20-14-22-41(32-39)56-48-28-12-9-25-44(48)45-33-38(29-30-49(45)56)37-19-13-21-40(31-37)55-46-26-10-7-23-42(46)43-24-8-11-27-47(43)55/h1-34,52H/b52-50?,53-34+,54-51-. The molecule has 5 heteroatoms. The summed E-state index contributed by atoms with van der Waals surface area (Å²) in [7, 11) is 0. The van der Waals surface area contributed by atoms with Gasteiger partial charge < -0.3 is 9.13 Å². The van der Waals surface area contributed by atoms with E-state index in [1.807, 2.05) is 78.9 Å². The second kappa shape index (κ2) is 14.0. The minimum atomic E-state index is 0.141. The zero-order valence-electron chi connectivity index (χ0n) is 30.4. The molecule has 0 amide bonds. The maximum atomic E-state index is 9.15. The van der Waals surface area contributed by atoms with Crippen molar-refractivity contribution in [1.29, 1.82) is 5.41 Å². The van der Waals surface area contributed by atoms with Crippen LogP contribution in [0.25, 0.3) is 66.1 Å². The summed E-state index contributed by atoms with van der Waals surface area (Å²) in [5.74, 6) is 0.624. The molecule has 0 bridgehead atoms. The molecule has 56 heavy (non-hydrogen) atoms. The average Bonchev–Trinajstić information content (AvgIpc) is 3.78. The van der Waals surface area contributed by atoms with E-state index in [9.17, 15) is 0 Å². The van der Waals surface area contributed by atoms with Crippen molar-refractivity contribution in [3.05, 3.63) is 217 Å². The fourth-order valence-corrected chi connectivity index (χ4v) is 7.85. The molecule has 10 rings (SSSR count). The van der Waals surface area contributed by atoms with Crippen molar-refractivity contribution >= 4 is 61.5 Å². The van der Waals surface area contributed by atoms with Crippen molar-refractivity contribution in [2.24, 2.45) is 9.98 Å². The van der Waals surface area contributed by atoms with Gasteiger partial charge in [-0.3, -0.25) is 5.41 Å². The van der Waals surface area contributed by atoms with Crippen LogP contribution in [0.5, 0.6) is 0 Å². The minimum absolute atomic E-state index is 0.141. The van der Waals surface area contributed by atoms with Crippen LogP contribution in [0.15, 0.2) is 210 Å². The van der Waals surface area contributed by atoms with Crippen molar-refractivity contribution in [2.75, 3.05) is 0 Å². The van der Waals surface area contributed by atoms with Crippen LogP contribution in [0.2, 0.25) is 0 Å². The Morgan fingerprint density at radius 2 is 0.911 bits per heavy atom. The number of benzene rings is 8. The molecule has 0 aliphatic heterocycles. The first-order valence-electron chi connectivity index (χ1n) is 18.7. The molecule has 10 aromatic rings. The number of aromatic nitrogens is 2. The Morgan fingerprint density at radius 1 is 0.411 bits per heavy atom.